The van der Waals surface area contributed by atoms with Crippen LogP contribution in [-0.4, -0.2) is 37.7 Å². The molecule has 0 bridgehead atoms. The summed E-state index contributed by atoms with van der Waals surface area (Å²) in [5.74, 6) is 0.904. The second kappa shape index (κ2) is 8.11. The van der Waals surface area contributed by atoms with Crippen molar-refractivity contribution in [3.05, 3.63) is 65.7 Å². The summed E-state index contributed by atoms with van der Waals surface area (Å²) in [6.45, 7) is 5.06. The summed E-state index contributed by atoms with van der Waals surface area (Å²) in [5, 5.41) is 0. The molecule has 0 aliphatic carbocycles. The van der Waals surface area contributed by atoms with E-state index in [1.54, 1.807) is 0 Å². The van der Waals surface area contributed by atoms with E-state index in [2.05, 4.69) is 17.0 Å². The van der Waals surface area contributed by atoms with E-state index < -0.39 is 0 Å². The third kappa shape index (κ3) is 4.79. The Morgan fingerprint density at radius 3 is 2.65 bits per heavy atom. The van der Waals surface area contributed by atoms with Gasteiger partial charge in [0.25, 0.3) is 0 Å². The number of para-hydroxylation sites is 1. The molecule has 1 fully saturated rings. The fraction of sp³-hybridized carbons (Fsp3) is 0.368. The molecule has 0 aromatic heterocycles. The van der Waals surface area contributed by atoms with Crippen LogP contribution >= 0.6 is 0 Å². The van der Waals surface area contributed by atoms with Gasteiger partial charge in [0.05, 0.1) is 6.61 Å². The van der Waals surface area contributed by atoms with Crippen LogP contribution in [-0.2, 0) is 16.0 Å². The first-order valence-corrected chi connectivity index (χ1v) is 7.95. The molecule has 23 heavy (non-hydrogen) atoms. The first kappa shape index (κ1) is 16.0. The molecule has 1 aliphatic heterocycles. The van der Waals surface area contributed by atoms with Crippen molar-refractivity contribution in [1.82, 2.24) is 4.90 Å². The number of hydrogen-bond acceptors (Lipinski definition) is 4. The Bertz CT molecular complexity index is 603. The SMILES string of the molecule is Cc1ccccc1OC[C@H]1COCN(Cc2ccccc2)CO1. The standard InChI is InChI=1S/C19H23NO3/c1-16-7-5-6-10-19(16)22-13-18-12-21-14-20(15-23-18)11-17-8-3-2-4-9-17/h2-10,18H,11-15H2,1H3/t18-/m1/s1. The smallest absolute Gasteiger partial charge is 0.122 e. The molecule has 1 atom stereocenters. The molecule has 0 saturated carbocycles. The minimum absolute atomic E-state index is 0.0459. The lowest BCUT2D eigenvalue weighted by Crippen LogP contribution is -2.28. The van der Waals surface area contributed by atoms with E-state index in [-0.39, 0.29) is 6.10 Å². The summed E-state index contributed by atoms with van der Waals surface area (Å²) in [4.78, 5) is 2.14. The molecular weight excluding hydrogens is 290 g/mol. The Kier molecular flexibility index (Phi) is 5.64. The monoisotopic (exact) mass is 313 g/mol. The van der Waals surface area contributed by atoms with Crippen LogP contribution in [0.4, 0.5) is 0 Å². The second-order valence-electron chi connectivity index (χ2n) is 5.81. The molecule has 1 saturated heterocycles. The third-order valence-corrected chi connectivity index (χ3v) is 3.84. The molecule has 122 valence electrons. The van der Waals surface area contributed by atoms with E-state index in [4.69, 9.17) is 14.2 Å². The van der Waals surface area contributed by atoms with Gasteiger partial charge in [0.2, 0.25) is 0 Å². The number of aryl methyl sites for hydroxylation is 1. The van der Waals surface area contributed by atoms with Crippen molar-refractivity contribution in [2.45, 2.75) is 19.6 Å². The van der Waals surface area contributed by atoms with Gasteiger partial charge in [-0.1, -0.05) is 48.5 Å². The molecule has 2 aromatic carbocycles. The average Bonchev–Trinajstić information content (AvgIpc) is 2.80. The van der Waals surface area contributed by atoms with Crippen molar-refractivity contribution >= 4 is 0 Å². The summed E-state index contributed by atoms with van der Waals surface area (Å²) in [6, 6.07) is 18.4. The van der Waals surface area contributed by atoms with Gasteiger partial charge in [0, 0.05) is 6.54 Å². The van der Waals surface area contributed by atoms with Gasteiger partial charge in [-0.3, -0.25) is 4.90 Å². The van der Waals surface area contributed by atoms with Gasteiger partial charge in [0.1, 0.15) is 31.9 Å². The van der Waals surface area contributed by atoms with Crippen LogP contribution in [0.15, 0.2) is 54.6 Å². The highest BCUT2D eigenvalue weighted by atomic mass is 16.6. The first-order valence-electron chi connectivity index (χ1n) is 7.95. The van der Waals surface area contributed by atoms with E-state index >= 15 is 0 Å². The zero-order chi connectivity index (χ0) is 15.9. The van der Waals surface area contributed by atoms with Crippen LogP contribution in [0.2, 0.25) is 0 Å². The lowest BCUT2D eigenvalue weighted by atomic mass is 10.2. The van der Waals surface area contributed by atoms with Gasteiger partial charge in [0.15, 0.2) is 0 Å². The van der Waals surface area contributed by atoms with Gasteiger partial charge in [-0.2, -0.15) is 0 Å². The Hall–Kier alpha value is -1.88. The molecule has 1 heterocycles. The maximum absolute atomic E-state index is 5.93. The molecule has 4 nitrogen and oxygen atoms in total. The van der Waals surface area contributed by atoms with Gasteiger partial charge in [-0.15, -0.1) is 0 Å². The van der Waals surface area contributed by atoms with E-state index in [1.807, 2.05) is 49.4 Å². The lowest BCUT2D eigenvalue weighted by Gasteiger charge is -2.19. The molecule has 4 heteroatoms. The number of nitrogens with zero attached hydrogens (tertiary/aromatic N) is 1. The molecular formula is C19H23NO3. The Balaban J connectivity index is 1.48. The normalized spacial score (nSPS) is 19.3. The maximum atomic E-state index is 5.93. The third-order valence-electron chi connectivity index (χ3n) is 3.84. The van der Waals surface area contributed by atoms with Crippen molar-refractivity contribution in [1.29, 1.82) is 0 Å². The quantitative estimate of drug-likeness (QED) is 0.848. The molecule has 0 spiro atoms. The van der Waals surface area contributed by atoms with Crippen molar-refractivity contribution in [3.8, 4) is 5.75 Å². The molecule has 1 aliphatic rings. The van der Waals surface area contributed by atoms with Crippen LogP contribution in [0.5, 0.6) is 5.75 Å². The zero-order valence-electron chi connectivity index (χ0n) is 13.5. The average molecular weight is 313 g/mol. The fourth-order valence-electron chi connectivity index (χ4n) is 2.54. The van der Waals surface area contributed by atoms with E-state index in [1.165, 1.54) is 5.56 Å². The minimum atomic E-state index is -0.0459. The minimum Gasteiger partial charge on any atom is -0.491 e. The summed E-state index contributed by atoms with van der Waals surface area (Å²) in [7, 11) is 0. The maximum Gasteiger partial charge on any atom is 0.122 e. The van der Waals surface area contributed by atoms with Gasteiger partial charge in [-0.05, 0) is 24.1 Å². The highest BCUT2D eigenvalue weighted by Crippen LogP contribution is 2.17. The summed E-state index contributed by atoms with van der Waals surface area (Å²) in [5.41, 5.74) is 2.39. The lowest BCUT2D eigenvalue weighted by molar-refractivity contribution is -0.0215. The Morgan fingerprint density at radius 1 is 1.04 bits per heavy atom. The van der Waals surface area contributed by atoms with Crippen LogP contribution < -0.4 is 4.74 Å². The number of ether oxygens (including phenoxy) is 3. The fourth-order valence-corrected chi connectivity index (χ4v) is 2.54. The van der Waals surface area contributed by atoms with Crippen LogP contribution in [0, 0.1) is 6.92 Å². The first-order chi connectivity index (χ1) is 11.3. The molecule has 3 rings (SSSR count). The Labute approximate surface area is 137 Å². The highest BCUT2D eigenvalue weighted by molar-refractivity contribution is 5.31. The summed E-state index contributed by atoms with van der Waals surface area (Å²) in [6.07, 6.45) is -0.0459. The van der Waals surface area contributed by atoms with E-state index in [0.717, 1.165) is 17.9 Å². The predicted octanol–water partition coefficient (Wildman–Crippen LogP) is 3.21. The number of hydrogen-bond donors (Lipinski definition) is 0. The van der Waals surface area contributed by atoms with E-state index in [0.29, 0.717) is 26.7 Å². The van der Waals surface area contributed by atoms with Gasteiger partial charge < -0.3 is 14.2 Å². The largest absolute Gasteiger partial charge is 0.491 e. The number of rotatable bonds is 5. The van der Waals surface area contributed by atoms with Crippen LogP contribution in [0.3, 0.4) is 0 Å². The van der Waals surface area contributed by atoms with Crippen molar-refractivity contribution in [3.63, 3.8) is 0 Å². The molecule has 0 unspecified atom stereocenters. The molecule has 0 radical (unpaired) electrons. The number of benzene rings is 2. The van der Waals surface area contributed by atoms with Crippen molar-refractivity contribution in [2.75, 3.05) is 26.7 Å². The molecule has 2 aromatic rings. The van der Waals surface area contributed by atoms with Crippen molar-refractivity contribution < 1.29 is 14.2 Å². The topological polar surface area (TPSA) is 30.9 Å². The highest BCUT2D eigenvalue weighted by Gasteiger charge is 2.18. The predicted molar refractivity (Wildman–Crippen MR) is 89.2 cm³/mol. The van der Waals surface area contributed by atoms with E-state index in [9.17, 15) is 0 Å². The Morgan fingerprint density at radius 2 is 1.83 bits per heavy atom. The van der Waals surface area contributed by atoms with Gasteiger partial charge >= 0.3 is 0 Å². The summed E-state index contributed by atoms with van der Waals surface area (Å²) < 4.78 is 17.5. The van der Waals surface area contributed by atoms with Crippen molar-refractivity contribution in [2.24, 2.45) is 0 Å². The van der Waals surface area contributed by atoms with Crippen LogP contribution in [0.1, 0.15) is 11.1 Å². The molecule has 0 amide bonds. The molecule has 0 N–H and O–H groups in total. The van der Waals surface area contributed by atoms with Crippen LogP contribution in [0.25, 0.3) is 0 Å². The van der Waals surface area contributed by atoms with Gasteiger partial charge in [-0.25, -0.2) is 0 Å². The second-order valence-corrected chi connectivity index (χ2v) is 5.81. The summed E-state index contributed by atoms with van der Waals surface area (Å²) >= 11 is 0. The zero-order valence-corrected chi connectivity index (χ0v) is 13.5.